The molecule has 0 heterocycles. The molecule has 0 aliphatic heterocycles. The zero-order chi connectivity index (χ0) is 21.5. The summed E-state index contributed by atoms with van der Waals surface area (Å²) in [6.07, 6.45) is 0.101. The first-order chi connectivity index (χ1) is 14.4. The summed E-state index contributed by atoms with van der Waals surface area (Å²) in [4.78, 5) is 35.1. The first-order valence-electron chi connectivity index (χ1n) is 9.33. The maximum Gasteiger partial charge on any atom is 0.335 e. The number of carbonyl (C=O) groups excluding carboxylic acids is 1. The molecule has 6 nitrogen and oxygen atoms in total. The average molecular weight is 404 g/mol. The fourth-order valence-corrected chi connectivity index (χ4v) is 2.99. The molecule has 0 saturated carbocycles. The number of hydrogen-bond acceptors (Lipinski definition) is 4. The van der Waals surface area contributed by atoms with Crippen LogP contribution in [0.4, 0.5) is 0 Å². The van der Waals surface area contributed by atoms with Crippen LogP contribution in [0.25, 0.3) is 0 Å². The molecule has 6 heteroatoms. The molecule has 152 valence electrons. The Labute approximate surface area is 173 Å². The van der Waals surface area contributed by atoms with Gasteiger partial charge in [0.15, 0.2) is 5.78 Å². The third kappa shape index (κ3) is 5.32. The molecular formula is C24H20O6. The molecule has 0 unspecified atom stereocenters. The first kappa shape index (κ1) is 20.8. The van der Waals surface area contributed by atoms with Gasteiger partial charge in [-0.25, -0.2) is 4.79 Å². The Morgan fingerprint density at radius 3 is 2.17 bits per heavy atom. The molecule has 3 rings (SSSR count). The normalized spacial score (nSPS) is 10.4. The van der Waals surface area contributed by atoms with Gasteiger partial charge in [-0.2, -0.15) is 0 Å². The lowest BCUT2D eigenvalue weighted by atomic mass is 9.98. The predicted molar refractivity (Wildman–Crippen MR) is 110 cm³/mol. The van der Waals surface area contributed by atoms with Gasteiger partial charge in [0.2, 0.25) is 0 Å². The summed E-state index contributed by atoms with van der Waals surface area (Å²) < 4.78 is 5.86. The highest BCUT2D eigenvalue weighted by atomic mass is 16.5. The number of hydrogen-bond donors (Lipinski definition) is 2. The van der Waals surface area contributed by atoms with Crippen LogP contribution in [0.2, 0.25) is 0 Å². The Hall–Kier alpha value is -3.93. The minimum absolute atomic E-state index is 0.0229. The number of ketones is 1. The number of carbonyl (C=O) groups is 3. The number of aliphatic carboxylic acids is 1. The van der Waals surface area contributed by atoms with Gasteiger partial charge in [0.1, 0.15) is 12.4 Å². The van der Waals surface area contributed by atoms with Crippen LogP contribution in [-0.4, -0.2) is 27.9 Å². The van der Waals surface area contributed by atoms with Crippen molar-refractivity contribution in [3.63, 3.8) is 0 Å². The lowest BCUT2D eigenvalue weighted by Crippen LogP contribution is -2.07. The second-order valence-electron chi connectivity index (χ2n) is 6.71. The van der Waals surface area contributed by atoms with Crippen molar-refractivity contribution >= 4 is 17.7 Å². The van der Waals surface area contributed by atoms with Crippen LogP contribution < -0.4 is 4.74 Å². The van der Waals surface area contributed by atoms with E-state index in [0.29, 0.717) is 23.5 Å². The van der Waals surface area contributed by atoms with Gasteiger partial charge < -0.3 is 14.9 Å². The molecule has 0 radical (unpaired) electrons. The van der Waals surface area contributed by atoms with Gasteiger partial charge in [0, 0.05) is 17.5 Å². The van der Waals surface area contributed by atoms with E-state index in [4.69, 9.17) is 14.9 Å². The molecule has 30 heavy (non-hydrogen) atoms. The summed E-state index contributed by atoms with van der Waals surface area (Å²) in [5.41, 5.74) is 2.18. The van der Waals surface area contributed by atoms with Gasteiger partial charge in [-0.05, 0) is 47.9 Å². The van der Waals surface area contributed by atoms with Crippen LogP contribution in [0.3, 0.4) is 0 Å². The number of carboxylic acid groups (broad SMARTS) is 2. The first-order valence-corrected chi connectivity index (χ1v) is 9.33. The molecular weight excluding hydrogens is 384 g/mol. The predicted octanol–water partition coefficient (Wildman–Crippen LogP) is 4.21. The Bertz CT molecular complexity index is 1070. The molecule has 0 spiro atoms. The van der Waals surface area contributed by atoms with E-state index in [1.807, 2.05) is 30.3 Å². The third-order valence-corrected chi connectivity index (χ3v) is 4.54. The van der Waals surface area contributed by atoms with Gasteiger partial charge in [-0.15, -0.1) is 0 Å². The molecule has 0 amide bonds. The van der Waals surface area contributed by atoms with Crippen LogP contribution in [0.1, 0.15) is 43.8 Å². The molecule has 0 saturated heterocycles. The number of aromatic carboxylic acids is 1. The standard InChI is InChI=1S/C24H20O6/c25-22(26)12-10-17-13-19(23(27)18-7-4-8-20(14-18)24(28)29)9-11-21(17)30-15-16-5-2-1-3-6-16/h1-9,11,13-14H,10,12,15H2,(H,25,26)(H,28,29). The Morgan fingerprint density at radius 1 is 0.767 bits per heavy atom. The number of aryl methyl sites for hydroxylation is 1. The van der Waals surface area contributed by atoms with Gasteiger partial charge in [0.05, 0.1) is 5.56 Å². The van der Waals surface area contributed by atoms with Crippen LogP contribution in [0.15, 0.2) is 72.8 Å². The molecule has 0 fully saturated rings. The van der Waals surface area contributed by atoms with Crippen LogP contribution in [-0.2, 0) is 17.8 Å². The van der Waals surface area contributed by atoms with E-state index in [2.05, 4.69) is 0 Å². The van der Waals surface area contributed by atoms with Gasteiger partial charge >= 0.3 is 11.9 Å². The van der Waals surface area contributed by atoms with E-state index < -0.39 is 11.9 Å². The summed E-state index contributed by atoms with van der Waals surface area (Å²) in [5.74, 6) is -1.90. The number of benzene rings is 3. The van der Waals surface area contributed by atoms with Crippen molar-refractivity contribution < 1.29 is 29.3 Å². The van der Waals surface area contributed by atoms with Crippen molar-refractivity contribution in [3.05, 3.63) is 101 Å². The minimum atomic E-state index is -1.11. The van der Waals surface area contributed by atoms with Crippen LogP contribution in [0.5, 0.6) is 5.75 Å². The van der Waals surface area contributed by atoms with Crippen molar-refractivity contribution in [1.82, 2.24) is 0 Å². The highest BCUT2D eigenvalue weighted by Crippen LogP contribution is 2.25. The smallest absolute Gasteiger partial charge is 0.335 e. The monoisotopic (exact) mass is 404 g/mol. The van der Waals surface area contributed by atoms with Crippen LogP contribution in [0, 0.1) is 0 Å². The zero-order valence-electron chi connectivity index (χ0n) is 16.1. The summed E-state index contributed by atoms with van der Waals surface area (Å²) in [6.45, 7) is 0.314. The molecule has 0 bridgehead atoms. The largest absolute Gasteiger partial charge is 0.489 e. The third-order valence-electron chi connectivity index (χ3n) is 4.54. The van der Waals surface area contributed by atoms with Crippen molar-refractivity contribution in [3.8, 4) is 5.75 Å². The van der Waals surface area contributed by atoms with E-state index >= 15 is 0 Å². The average Bonchev–Trinajstić information content (AvgIpc) is 2.76. The Balaban J connectivity index is 1.87. The molecule has 0 atom stereocenters. The van der Waals surface area contributed by atoms with E-state index in [-0.39, 0.29) is 29.8 Å². The molecule has 0 aliphatic rings. The quantitative estimate of drug-likeness (QED) is 0.518. The SMILES string of the molecule is O=C(O)CCc1cc(C(=O)c2cccc(C(=O)O)c2)ccc1OCc1ccccc1. The van der Waals surface area contributed by atoms with E-state index in [1.54, 1.807) is 24.3 Å². The molecule has 2 N–H and O–H groups in total. The second-order valence-corrected chi connectivity index (χ2v) is 6.71. The van der Waals surface area contributed by atoms with E-state index in [9.17, 15) is 14.4 Å². The summed E-state index contributed by atoms with van der Waals surface area (Å²) in [7, 11) is 0. The fraction of sp³-hybridized carbons (Fsp3) is 0.125. The van der Waals surface area contributed by atoms with E-state index in [1.165, 1.54) is 18.2 Å². The topological polar surface area (TPSA) is 101 Å². The number of rotatable bonds is 9. The maximum atomic E-state index is 12.9. The number of carboxylic acids is 2. The molecule has 0 aliphatic carbocycles. The zero-order valence-corrected chi connectivity index (χ0v) is 16.1. The van der Waals surface area contributed by atoms with E-state index in [0.717, 1.165) is 5.56 Å². The lowest BCUT2D eigenvalue weighted by Gasteiger charge is -2.13. The lowest BCUT2D eigenvalue weighted by molar-refractivity contribution is -0.136. The summed E-state index contributed by atoms with van der Waals surface area (Å²) >= 11 is 0. The van der Waals surface area contributed by atoms with Crippen molar-refractivity contribution in [1.29, 1.82) is 0 Å². The number of ether oxygens (including phenoxy) is 1. The molecule has 0 aromatic heterocycles. The Morgan fingerprint density at radius 2 is 1.47 bits per heavy atom. The van der Waals surface area contributed by atoms with Crippen molar-refractivity contribution in [2.75, 3.05) is 0 Å². The van der Waals surface area contributed by atoms with Gasteiger partial charge in [-0.3, -0.25) is 9.59 Å². The van der Waals surface area contributed by atoms with Crippen molar-refractivity contribution in [2.24, 2.45) is 0 Å². The Kier molecular flexibility index (Phi) is 6.60. The maximum absolute atomic E-state index is 12.9. The second kappa shape index (κ2) is 9.52. The van der Waals surface area contributed by atoms with Crippen molar-refractivity contribution in [2.45, 2.75) is 19.4 Å². The molecule has 3 aromatic carbocycles. The molecule has 3 aromatic rings. The van der Waals surface area contributed by atoms with Crippen LogP contribution >= 0.6 is 0 Å². The summed E-state index contributed by atoms with van der Waals surface area (Å²) in [5, 5.41) is 18.2. The minimum Gasteiger partial charge on any atom is -0.489 e. The fourth-order valence-electron chi connectivity index (χ4n) is 2.99. The highest BCUT2D eigenvalue weighted by Gasteiger charge is 2.15. The highest BCUT2D eigenvalue weighted by molar-refractivity contribution is 6.10. The summed E-state index contributed by atoms with van der Waals surface area (Å²) in [6, 6.07) is 20.2. The van der Waals surface area contributed by atoms with Gasteiger partial charge in [-0.1, -0.05) is 42.5 Å². The van der Waals surface area contributed by atoms with Gasteiger partial charge in [0.25, 0.3) is 0 Å².